The van der Waals surface area contributed by atoms with Crippen LogP contribution in [0.5, 0.6) is 0 Å². The molecule has 2 amide bonds. The smallest absolute Gasteiger partial charge is 0.256 e. The van der Waals surface area contributed by atoms with E-state index in [4.69, 9.17) is 0 Å². The summed E-state index contributed by atoms with van der Waals surface area (Å²) >= 11 is 0. The third-order valence-electron chi connectivity index (χ3n) is 5.23. The number of nitrogens with one attached hydrogen (secondary N) is 1. The van der Waals surface area contributed by atoms with Crippen molar-refractivity contribution in [3.8, 4) is 5.95 Å². The SMILES string of the molecule is CC(C)(C)c1cc(NC(=O)c2ccc(N3CCCCC3=O)cc2)n(-c2ncccn2)n1. The van der Waals surface area contributed by atoms with Crippen molar-refractivity contribution < 1.29 is 9.59 Å². The molecule has 1 aromatic carbocycles. The van der Waals surface area contributed by atoms with Crippen LogP contribution >= 0.6 is 0 Å². The molecule has 3 aromatic rings. The van der Waals surface area contributed by atoms with Crippen molar-refractivity contribution in [2.75, 3.05) is 16.8 Å². The van der Waals surface area contributed by atoms with Crippen LogP contribution in [0, 0.1) is 0 Å². The van der Waals surface area contributed by atoms with Gasteiger partial charge in [-0.2, -0.15) is 9.78 Å². The molecule has 1 N–H and O–H groups in total. The molecule has 3 heterocycles. The first-order valence-corrected chi connectivity index (χ1v) is 10.4. The highest BCUT2D eigenvalue weighted by Gasteiger charge is 2.23. The van der Waals surface area contributed by atoms with Gasteiger partial charge in [-0.3, -0.25) is 9.59 Å². The summed E-state index contributed by atoms with van der Waals surface area (Å²) in [6.45, 7) is 6.88. The van der Waals surface area contributed by atoms with Crippen LogP contribution in [-0.4, -0.2) is 38.1 Å². The van der Waals surface area contributed by atoms with E-state index >= 15 is 0 Å². The fourth-order valence-electron chi connectivity index (χ4n) is 3.45. The first kappa shape index (κ1) is 20.7. The molecule has 1 saturated heterocycles. The fourth-order valence-corrected chi connectivity index (χ4v) is 3.45. The van der Waals surface area contributed by atoms with Crippen LogP contribution in [0.4, 0.5) is 11.5 Å². The van der Waals surface area contributed by atoms with Gasteiger partial charge in [-0.05, 0) is 43.2 Å². The molecule has 8 heteroatoms. The summed E-state index contributed by atoms with van der Waals surface area (Å²) < 4.78 is 1.54. The number of carbonyl (C=O) groups is 2. The normalized spacial score (nSPS) is 14.5. The lowest BCUT2D eigenvalue weighted by Crippen LogP contribution is -2.35. The van der Waals surface area contributed by atoms with Crippen LogP contribution in [0.1, 0.15) is 56.1 Å². The third-order valence-corrected chi connectivity index (χ3v) is 5.23. The number of hydrogen-bond acceptors (Lipinski definition) is 5. The number of nitrogens with zero attached hydrogens (tertiary/aromatic N) is 5. The second-order valence-corrected chi connectivity index (χ2v) is 8.63. The van der Waals surface area contributed by atoms with Crippen LogP contribution < -0.4 is 10.2 Å². The number of amides is 2. The second-order valence-electron chi connectivity index (χ2n) is 8.63. The van der Waals surface area contributed by atoms with Gasteiger partial charge in [-0.1, -0.05) is 20.8 Å². The molecule has 8 nitrogen and oxygen atoms in total. The summed E-state index contributed by atoms with van der Waals surface area (Å²) in [5, 5.41) is 7.54. The van der Waals surface area contributed by atoms with Gasteiger partial charge in [0.2, 0.25) is 5.91 Å². The molecule has 1 aliphatic rings. The van der Waals surface area contributed by atoms with Gasteiger partial charge in [0, 0.05) is 48.1 Å². The zero-order valence-electron chi connectivity index (χ0n) is 18.0. The molecular weight excluding hydrogens is 392 g/mol. The van der Waals surface area contributed by atoms with Crippen LogP contribution in [0.2, 0.25) is 0 Å². The van der Waals surface area contributed by atoms with E-state index in [1.54, 1.807) is 40.2 Å². The lowest BCUT2D eigenvalue weighted by Gasteiger charge is -2.26. The number of rotatable bonds is 4. The van der Waals surface area contributed by atoms with E-state index in [0.717, 1.165) is 30.8 Å². The molecule has 0 radical (unpaired) electrons. The molecule has 160 valence electrons. The molecule has 0 atom stereocenters. The van der Waals surface area contributed by atoms with Crippen molar-refractivity contribution in [3.63, 3.8) is 0 Å². The summed E-state index contributed by atoms with van der Waals surface area (Å²) in [5.41, 5.74) is 1.92. The number of hydrogen-bond donors (Lipinski definition) is 1. The van der Waals surface area contributed by atoms with Crippen LogP contribution in [0.15, 0.2) is 48.8 Å². The molecule has 0 saturated carbocycles. The molecule has 0 unspecified atom stereocenters. The Kier molecular flexibility index (Phi) is 5.54. The predicted octanol–water partition coefficient (Wildman–Crippen LogP) is 3.73. The Morgan fingerprint density at radius 3 is 2.42 bits per heavy atom. The van der Waals surface area contributed by atoms with Crippen LogP contribution in [-0.2, 0) is 10.2 Å². The standard InChI is InChI=1S/C23H26N6O2/c1-23(2,3)18-15-19(29(27-18)22-24-12-6-13-25-22)26-21(31)16-8-10-17(11-9-16)28-14-5-4-7-20(28)30/h6,8-13,15H,4-5,7,14H2,1-3H3,(H,26,31). The maximum atomic E-state index is 12.9. The molecule has 1 aliphatic heterocycles. The monoisotopic (exact) mass is 418 g/mol. The summed E-state index contributed by atoms with van der Waals surface area (Å²) in [4.78, 5) is 35.4. The minimum Gasteiger partial charge on any atom is -0.312 e. The molecule has 0 aliphatic carbocycles. The number of piperidine rings is 1. The Bertz CT molecular complexity index is 1080. The fraction of sp³-hybridized carbons (Fsp3) is 0.348. The van der Waals surface area contributed by atoms with E-state index in [9.17, 15) is 9.59 Å². The summed E-state index contributed by atoms with van der Waals surface area (Å²) in [6.07, 6.45) is 5.77. The van der Waals surface area contributed by atoms with Gasteiger partial charge >= 0.3 is 0 Å². The zero-order valence-corrected chi connectivity index (χ0v) is 18.0. The highest BCUT2D eigenvalue weighted by atomic mass is 16.2. The third kappa shape index (κ3) is 4.47. The number of benzene rings is 1. The molecule has 0 spiro atoms. The Hall–Kier alpha value is -3.55. The molecule has 4 rings (SSSR count). The highest BCUT2D eigenvalue weighted by Crippen LogP contribution is 2.26. The van der Waals surface area contributed by atoms with Gasteiger partial charge in [0.05, 0.1) is 5.69 Å². The zero-order chi connectivity index (χ0) is 22.0. The van der Waals surface area contributed by atoms with Crippen LogP contribution in [0.25, 0.3) is 5.95 Å². The van der Waals surface area contributed by atoms with E-state index in [1.807, 2.05) is 18.2 Å². The van der Waals surface area contributed by atoms with E-state index in [1.165, 1.54) is 0 Å². The summed E-state index contributed by atoms with van der Waals surface area (Å²) in [7, 11) is 0. The molecule has 31 heavy (non-hydrogen) atoms. The quantitative estimate of drug-likeness (QED) is 0.697. The van der Waals surface area contributed by atoms with Gasteiger partial charge in [0.25, 0.3) is 11.9 Å². The van der Waals surface area contributed by atoms with Crippen molar-refractivity contribution in [3.05, 3.63) is 60.0 Å². The van der Waals surface area contributed by atoms with E-state index < -0.39 is 0 Å². The average molecular weight is 419 g/mol. The van der Waals surface area contributed by atoms with Crippen molar-refractivity contribution >= 4 is 23.3 Å². The Morgan fingerprint density at radius 2 is 1.77 bits per heavy atom. The van der Waals surface area contributed by atoms with Crippen molar-refractivity contribution in [2.24, 2.45) is 0 Å². The largest absolute Gasteiger partial charge is 0.312 e. The minimum atomic E-state index is -0.269. The predicted molar refractivity (Wildman–Crippen MR) is 118 cm³/mol. The number of anilines is 2. The van der Waals surface area contributed by atoms with Crippen molar-refractivity contribution in [2.45, 2.75) is 45.4 Å². The van der Waals surface area contributed by atoms with Crippen molar-refractivity contribution in [1.29, 1.82) is 0 Å². The van der Waals surface area contributed by atoms with E-state index in [2.05, 4.69) is 41.2 Å². The molecular formula is C23H26N6O2. The first-order chi connectivity index (χ1) is 14.8. The Labute approximate surface area is 181 Å². The molecule has 2 aromatic heterocycles. The van der Waals surface area contributed by atoms with E-state index in [-0.39, 0.29) is 17.2 Å². The van der Waals surface area contributed by atoms with Gasteiger partial charge in [0.15, 0.2) is 0 Å². The van der Waals surface area contributed by atoms with Gasteiger partial charge < -0.3 is 10.2 Å². The van der Waals surface area contributed by atoms with Gasteiger partial charge in [0.1, 0.15) is 5.82 Å². The van der Waals surface area contributed by atoms with Crippen LogP contribution in [0.3, 0.4) is 0 Å². The second kappa shape index (κ2) is 8.29. The Balaban J connectivity index is 1.58. The maximum Gasteiger partial charge on any atom is 0.256 e. The summed E-state index contributed by atoms with van der Waals surface area (Å²) in [6, 6.07) is 10.7. The first-order valence-electron chi connectivity index (χ1n) is 10.4. The lowest BCUT2D eigenvalue weighted by atomic mass is 9.92. The molecule has 1 fully saturated rings. The topological polar surface area (TPSA) is 93.0 Å². The minimum absolute atomic E-state index is 0.130. The Morgan fingerprint density at radius 1 is 1.06 bits per heavy atom. The number of carbonyl (C=O) groups excluding carboxylic acids is 2. The lowest BCUT2D eigenvalue weighted by molar-refractivity contribution is -0.119. The van der Waals surface area contributed by atoms with Gasteiger partial charge in [-0.15, -0.1) is 0 Å². The highest BCUT2D eigenvalue weighted by molar-refractivity contribution is 6.04. The van der Waals surface area contributed by atoms with E-state index in [0.29, 0.717) is 23.8 Å². The summed E-state index contributed by atoms with van der Waals surface area (Å²) in [5.74, 6) is 0.739. The van der Waals surface area contributed by atoms with Crippen molar-refractivity contribution in [1.82, 2.24) is 19.7 Å². The molecule has 0 bridgehead atoms. The average Bonchev–Trinajstić information content (AvgIpc) is 3.19. The number of aromatic nitrogens is 4. The maximum absolute atomic E-state index is 12.9. The van der Waals surface area contributed by atoms with Gasteiger partial charge in [-0.25, -0.2) is 9.97 Å².